The van der Waals surface area contributed by atoms with E-state index < -0.39 is 5.41 Å². The molecular formula is C11H9BrClNO. The monoisotopic (exact) mass is 285 g/mol. The summed E-state index contributed by atoms with van der Waals surface area (Å²) in [6.45, 7) is 0. The number of rotatable bonds is 1. The average molecular weight is 287 g/mol. The van der Waals surface area contributed by atoms with Gasteiger partial charge in [-0.1, -0.05) is 11.6 Å². The zero-order valence-electron chi connectivity index (χ0n) is 7.93. The molecule has 0 atom stereocenters. The molecule has 2 rings (SSSR count). The van der Waals surface area contributed by atoms with Crippen molar-refractivity contribution in [3.63, 3.8) is 0 Å². The van der Waals surface area contributed by atoms with E-state index in [-0.39, 0.29) is 5.75 Å². The molecule has 0 saturated heterocycles. The third-order valence-electron chi connectivity index (χ3n) is 2.96. The van der Waals surface area contributed by atoms with Crippen LogP contribution in [-0.2, 0) is 5.41 Å². The maximum atomic E-state index is 9.90. The molecule has 1 aliphatic carbocycles. The molecule has 1 saturated carbocycles. The van der Waals surface area contributed by atoms with Gasteiger partial charge >= 0.3 is 0 Å². The Balaban J connectivity index is 2.57. The first-order chi connectivity index (χ1) is 7.09. The standard InChI is InChI=1S/C11H9BrClNO/c12-9-5-7(13)4-8(10(9)15)11(6-14)2-1-3-11/h4-5,15H,1-3H2. The zero-order chi connectivity index (χ0) is 11.1. The smallest absolute Gasteiger partial charge is 0.134 e. The fraction of sp³-hybridized carbons (Fsp3) is 0.364. The van der Waals surface area contributed by atoms with Gasteiger partial charge in [0.2, 0.25) is 0 Å². The summed E-state index contributed by atoms with van der Waals surface area (Å²) in [6.07, 6.45) is 2.62. The van der Waals surface area contributed by atoms with E-state index in [0.717, 1.165) is 19.3 Å². The van der Waals surface area contributed by atoms with Crippen molar-refractivity contribution in [2.45, 2.75) is 24.7 Å². The molecule has 1 aromatic rings. The summed E-state index contributed by atoms with van der Waals surface area (Å²) in [5, 5.41) is 19.6. The lowest BCUT2D eigenvalue weighted by molar-refractivity contribution is 0.311. The molecule has 0 aromatic heterocycles. The van der Waals surface area contributed by atoms with E-state index >= 15 is 0 Å². The zero-order valence-corrected chi connectivity index (χ0v) is 10.3. The molecule has 0 spiro atoms. The van der Waals surface area contributed by atoms with Gasteiger partial charge in [0.05, 0.1) is 16.0 Å². The van der Waals surface area contributed by atoms with Crippen LogP contribution in [0, 0.1) is 11.3 Å². The Kier molecular flexibility index (Phi) is 2.66. The van der Waals surface area contributed by atoms with Crippen molar-refractivity contribution in [3.05, 3.63) is 27.2 Å². The summed E-state index contributed by atoms with van der Waals surface area (Å²) >= 11 is 9.14. The van der Waals surface area contributed by atoms with Gasteiger partial charge in [-0.25, -0.2) is 0 Å². The number of halogens is 2. The number of aromatic hydroxyl groups is 1. The summed E-state index contributed by atoms with van der Waals surface area (Å²) in [5.74, 6) is 0.139. The lowest BCUT2D eigenvalue weighted by Crippen LogP contribution is -2.32. The maximum Gasteiger partial charge on any atom is 0.134 e. The lowest BCUT2D eigenvalue weighted by Gasteiger charge is -2.36. The first-order valence-electron chi connectivity index (χ1n) is 4.69. The van der Waals surface area contributed by atoms with E-state index in [1.54, 1.807) is 12.1 Å². The van der Waals surface area contributed by atoms with Gasteiger partial charge in [-0.05, 0) is 47.3 Å². The van der Waals surface area contributed by atoms with Crippen molar-refractivity contribution < 1.29 is 5.11 Å². The van der Waals surface area contributed by atoms with Crippen molar-refractivity contribution in [1.82, 2.24) is 0 Å². The number of nitrogens with zero attached hydrogens (tertiary/aromatic N) is 1. The SMILES string of the molecule is N#CC1(c2cc(Cl)cc(Br)c2O)CCC1. The van der Waals surface area contributed by atoms with Gasteiger partial charge in [0.15, 0.2) is 0 Å². The number of hydrogen-bond donors (Lipinski definition) is 1. The number of phenols is 1. The minimum Gasteiger partial charge on any atom is -0.506 e. The Morgan fingerprint density at radius 3 is 2.60 bits per heavy atom. The largest absolute Gasteiger partial charge is 0.506 e. The molecule has 1 N–H and O–H groups in total. The predicted molar refractivity (Wildman–Crippen MR) is 62.0 cm³/mol. The van der Waals surface area contributed by atoms with E-state index in [2.05, 4.69) is 22.0 Å². The Hall–Kier alpha value is -0.720. The maximum absolute atomic E-state index is 9.90. The number of nitriles is 1. The van der Waals surface area contributed by atoms with Crippen molar-refractivity contribution in [3.8, 4) is 11.8 Å². The van der Waals surface area contributed by atoms with Crippen molar-refractivity contribution in [2.75, 3.05) is 0 Å². The third-order valence-corrected chi connectivity index (χ3v) is 3.79. The van der Waals surface area contributed by atoms with Crippen LogP contribution in [0.4, 0.5) is 0 Å². The molecule has 0 amide bonds. The van der Waals surface area contributed by atoms with Crippen LogP contribution in [0.15, 0.2) is 16.6 Å². The fourth-order valence-electron chi connectivity index (χ4n) is 1.90. The van der Waals surface area contributed by atoms with E-state index in [4.69, 9.17) is 11.6 Å². The molecule has 0 aliphatic heterocycles. The number of hydrogen-bond acceptors (Lipinski definition) is 2. The molecule has 0 heterocycles. The van der Waals surface area contributed by atoms with Crippen LogP contribution in [0.25, 0.3) is 0 Å². The Bertz CT molecular complexity index is 449. The Labute approximate surface area is 102 Å². The van der Waals surface area contributed by atoms with Gasteiger partial charge in [0.25, 0.3) is 0 Å². The molecule has 78 valence electrons. The minimum absolute atomic E-state index is 0.139. The van der Waals surface area contributed by atoms with Crippen LogP contribution in [0.3, 0.4) is 0 Å². The highest BCUT2D eigenvalue weighted by molar-refractivity contribution is 9.10. The molecular weight excluding hydrogens is 277 g/mol. The van der Waals surface area contributed by atoms with Gasteiger partial charge in [0.1, 0.15) is 5.75 Å². The van der Waals surface area contributed by atoms with Gasteiger partial charge in [-0.15, -0.1) is 0 Å². The Morgan fingerprint density at radius 2 is 2.13 bits per heavy atom. The predicted octanol–water partition coefficient (Wildman–Crippen LogP) is 3.75. The van der Waals surface area contributed by atoms with E-state index in [1.807, 2.05) is 0 Å². The highest BCUT2D eigenvalue weighted by Crippen LogP contribution is 2.48. The first kappa shape index (κ1) is 10.8. The second-order valence-corrected chi connectivity index (χ2v) is 5.12. The summed E-state index contributed by atoms with van der Waals surface area (Å²) in [5.41, 5.74) is 0.118. The molecule has 1 aliphatic rings. The first-order valence-corrected chi connectivity index (χ1v) is 5.86. The molecule has 0 bridgehead atoms. The normalized spacial score (nSPS) is 17.9. The summed E-state index contributed by atoms with van der Waals surface area (Å²) in [4.78, 5) is 0. The highest BCUT2D eigenvalue weighted by Gasteiger charge is 2.41. The van der Waals surface area contributed by atoms with Gasteiger partial charge in [-0.3, -0.25) is 0 Å². The van der Waals surface area contributed by atoms with Crippen LogP contribution in [0.2, 0.25) is 5.02 Å². The van der Waals surface area contributed by atoms with Gasteiger partial charge in [0, 0.05) is 10.6 Å². The van der Waals surface area contributed by atoms with Crippen LogP contribution < -0.4 is 0 Å². The van der Waals surface area contributed by atoms with Crippen LogP contribution in [-0.4, -0.2) is 5.11 Å². The van der Waals surface area contributed by atoms with E-state index in [0.29, 0.717) is 15.1 Å². The van der Waals surface area contributed by atoms with Gasteiger partial charge in [-0.2, -0.15) is 5.26 Å². The van der Waals surface area contributed by atoms with E-state index in [9.17, 15) is 10.4 Å². The molecule has 1 aromatic carbocycles. The van der Waals surface area contributed by atoms with Crippen molar-refractivity contribution in [2.24, 2.45) is 0 Å². The number of benzene rings is 1. The summed E-state index contributed by atoms with van der Waals surface area (Å²) in [6, 6.07) is 5.60. The topological polar surface area (TPSA) is 44.0 Å². The second-order valence-electron chi connectivity index (χ2n) is 3.83. The van der Waals surface area contributed by atoms with Crippen molar-refractivity contribution >= 4 is 27.5 Å². The lowest BCUT2D eigenvalue weighted by atomic mass is 9.65. The van der Waals surface area contributed by atoms with Crippen LogP contribution >= 0.6 is 27.5 Å². The molecule has 4 heteroatoms. The summed E-state index contributed by atoms with van der Waals surface area (Å²) in [7, 11) is 0. The highest BCUT2D eigenvalue weighted by atomic mass is 79.9. The van der Waals surface area contributed by atoms with E-state index in [1.165, 1.54) is 0 Å². The van der Waals surface area contributed by atoms with Crippen LogP contribution in [0.1, 0.15) is 24.8 Å². The average Bonchev–Trinajstić information content (AvgIpc) is 2.12. The summed E-state index contributed by atoms with van der Waals surface area (Å²) < 4.78 is 0.548. The Morgan fingerprint density at radius 1 is 1.47 bits per heavy atom. The van der Waals surface area contributed by atoms with Crippen LogP contribution in [0.5, 0.6) is 5.75 Å². The second kappa shape index (κ2) is 3.70. The molecule has 15 heavy (non-hydrogen) atoms. The molecule has 0 unspecified atom stereocenters. The number of phenolic OH excluding ortho intramolecular Hbond substituents is 1. The quantitative estimate of drug-likeness (QED) is 0.854. The van der Waals surface area contributed by atoms with Crippen molar-refractivity contribution in [1.29, 1.82) is 5.26 Å². The molecule has 0 radical (unpaired) electrons. The molecule has 2 nitrogen and oxygen atoms in total. The minimum atomic E-state index is -0.530. The third kappa shape index (κ3) is 1.62. The molecule has 1 fully saturated rings. The van der Waals surface area contributed by atoms with Gasteiger partial charge < -0.3 is 5.11 Å². The fourth-order valence-corrected chi connectivity index (χ4v) is 2.71.